The Kier molecular flexibility index (Phi) is 7.43. The average Bonchev–Trinajstić information content (AvgIpc) is 2.66. The van der Waals surface area contributed by atoms with E-state index in [1.807, 2.05) is 13.8 Å². The first-order valence-electron chi connectivity index (χ1n) is 8.71. The Morgan fingerprint density at radius 1 is 1.18 bits per heavy atom. The van der Waals surface area contributed by atoms with Crippen molar-refractivity contribution in [2.75, 3.05) is 17.8 Å². The summed E-state index contributed by atoms with van der Waals surface area (Å²) in [4.78, 5) is 14.0. The highest BCUT2D eigenvalue weighted by Crippen LogP contribution is 2.24. The molecule has 148 valence electrons. The predicted molar refractivity (Wildman–Crippen MR) is 115 cm³/mol. The van der Waals surface area contributed by atoms with Crippen molar-refractivity contribution in [1.82, 2.24) is 4.90 Å². The van der Waals surface area contributed by atoms with Crippen molar-refractivity contribution < 1.29 is 13.2 Å². The van der Waals surface area contributed by atoms with Gasteiger partial charge in [-0.25, -0.2) is 8.42 Å². The van der Waals surface area contributed by atoms with Crippen LogP contribution in [0.4, 0.5) is 5.69 Å². The molecule has 0 aliphatic rings. The van der Waals surface area contributed by atoms with E-state index < -0.39 is 10.0 Å². The fourth-order valence-corrected chi connectivity index (χ4v) is 3.77. The van der Waals surface area contributed by atoms with Crippen molar-refractivity contribution in [2.24, 2.45) is 0 Å². The molecule has 2 rings (SSSR count). The van der Waals surface area contributed by atoms with Crippen LogP contribution in [0.15, 0.2) is 71.7 Å². The molecule has 5 nitrogen and oxygen atoms in total. The summed E-state index contributed by atoms with van der Waals surface area (Å²) in [5.74, 6) is -0.123. The summed E-state index contributed by atoms with van der Waals surface area (Å²) in [5.41, 5.74) is 1.94. The Bertz CT molecular complexity index is 983. The second-order valence-corrected chi connectivity index (χ2v) is 8.39. The maximum atomic E-state index is 12.5. The van der Waals surface area contributed by atoms with Gasteiger partial charge in [0.25, 0.3) is 10.0 Å². The minimum Gasteiger partial charge on any atom is -0.335 e. The van der Waals surface area contributed by atoms with Crippen LogP contribution in [-0.4, -0.2) is 32.3 Å². The van der Waals surface area contributed by atoms with Crippen molar-refractivity contribution in [3.8, 4) is 0 Å². The van der Waals surface area contributed by atoms with E-state index in [0.29, 0.717) is 23.8 Å². The lowest BCUT2D eigenvalue weighted by Crippen LogP contribution is -2.30. The number of carbonyl (C=O) groups excluding carboxylic acids is 1. The van der Waals surface area contributed by atoms with Crippen LogP contribution >= 0.6 is 11.6 Å². The van der Waals surface area contributed by atoms with Crippen molar-refractivity contribution >= 4 is 39.3 Å². The third-order valence-electron chi connectivity index (χ3n) is 3.88. The fourth-order valence-electron chi connectivity index (χ4n) is 2.45. The SMILES string of the molecule is C=C(C)CN(CC)C(=O)/C=C/c1ccc(S(=O)(=O)Nc2ccccc2Cl)cc1. The molecule has 0 aliphatic carbocycles. The van der Waals surface area contributed by atoms with Crippen LogP contribution in [-0.2, 0) is 14.8 Å². The number of carbonyl (C=O) groups is 1. The van der Waals surface area contributed by atoms with E-state index in [-0.39, 0.29) is 10.8 Å². The number of hydrogen-bond acceptors (Lipinski definition) is 3. The lowest BCUT2D eigenvalue weighted by Gasteiger charge is -2.18. The smallest absolute Gasteiger partial charge is 0.261 e. The summed E-state index contributed by atoms with van der Waals surface area (Å²) in [6, 6.07) is 12.9. The van der Waals surface area contributed by atoms with Gasteiger partial charge in [-0.15, -0.1) is 0 Å². The maximum Gasteiger partial charge on any atom is 0.261 e. The molecule has 28 heavy (non-hydrogen) atoms. The Labute approximate surface area is 171 Å². The molecule has 0 unspecified atom stereocenters. The third-order valence-corrected chi connectivity index (χ3v) is 5.59. The van der Waals surface area contributed by atoms with E-state index in [1.54, 1.807) is 47.4 Å². The molecular formula is C21H23ClN2O3S. The number of rotatable bonds is 8. The Morgan fingerprint density at radius 2 is 1.82 bits per heavy atom. The van der Waals surface area contributed by atoms with Gasteiger partial charge < -0.3 is 4.90 Å². The minimum absolute atomic E-state index is 0.105. The van der Waals surface area contributed by atoms with Gasteiger partial charge in [0.15, 0.2) is 0 Å². The normalized spacial score (nSPS) is 11.4. The molecule has 2 aromatic carbocycles. The number of para-hydroxylation sites is 1. The van der Waals surface area contributed by atoms with Crippen molar-refractivity contribution in [2.45, 2.75) is 18.7 Å². The topological polar surface area (TPSA) is 66.5 Å². The summed E-state index contributed by atoms with van der Waals surface area (Å²) in [7, 11) is -3.76. The molecule has 0 aromatic heterocycles. The molecule has 0 saturated heterocycles. The molecule has 0 bridgehead atoms. The predicted octanol–water partition coefficient (Wildman–Crippen LogP) is 4.58. The number of hydrogen-bond donors (Lipinski definition) is 1. The lowest BCUT2D eigenvalue weighted by molar-refractivity contribution is -0.125. The van der Waals surface area contributed by atoms with Crippen LogP contribution in [0.2, 0.25) is 5.02 Å². The number of nitrogens with one attached hydrogen (secondary N) is 1. The van der Waals surface area contributed by atoms with Gasteiger partial charge >= 0.3 is 0 Å². The zero-order chi connectivity index (χ0) is 20.7. The van der Waals surface area contributed by atoms with E-state index >= 15 is 0 Å². The van der Waals surface area contributed by atoms with Gasteiger partial charge in [-0.2, -0.15) is 0 Å². The molecular weight excluding hydrogens is 396 g/mol. The van der Waals surface area contributed by atoms with Gasteiger partial charge in [0, 0.05) is 19.2 Å². The number of benzene rings is 2. The van der Waals surface area contributed by atoms with Crippen LogP contribution in [0.1, 0.15) is 19.4 Å². The molecule has 0 fully saturated rings. The monoisotopic (exact) mass is 418 g/mol. The van der Waals surface area contributed by atoms with Gasteiger partial charge in [0.05, 0.1) is 15.6 Å². The molecule has 0 saturated carbocycles. The average molecular weight is 419 g/mol. The number of likely N-dealkylation sites (N-methyl/N-ethyl adjacent to an activating group) is 1. The van der Waals surface area contributed by atoms with Crippen LogP contribution < -0.4 is 4.72 Å². The molecule has 7 heteroatoms. The van der Waals surface area contributed by atoms with Gasteiger partial charge in [0.1, 0.15) is 0 Å². The summed E-state index contributed by atoms with van der Waals surface area (Å²) in [5, 5.41) is 0.319. The standard InChI is InChI=1S/C21H23ClN2O3S/c1-4-24(15-16(2)3)21(25)14-11-17-9-12-18(13-10-17)28(26,27)23-20-8-6-5-7-19(20)22/h5-14,23H,2,4,15H2,1,3H3/b14-11+. The molecule has 2 aromatic rings. The highest BCUT2D eigenvalue weighted by molar-refractivity contribution is 7.92. The van der Waals surface area contributed by atoms with Gasteiger partial charge in [0.2, 0.25) is 5.91 Å². The van der Waals surface area contributed by atoms with Crippen LogP contribution in [0.25, 0.3) is 6.08 Å². The highest BCUT2D eigenvalue weighted by atomic mass is 35.5. The summed E-state index contributed by atoms with van der Waals surface area (Å²) < 4.78 is 27.5. The summed E-state index contributed by atoms with van der Waals surface area (Å²) >= 11 is 6.01. The van der Waals surface area contributed by atoms with Crippen molar-refractivity contribution in [3.63, 3.8) is 0 Å². The number of halogens is 1. The Balaban J connectivity index is 2.11. The van der Waals surface area contributed by atoms with E-state index in [9.17, 15) is 13.2 Å². The maximum absolute atomic E-state index is 12.5. The van der Waals surface area contributed by atoms with Crippen LogP contribution in [0.5, 0.6) is 0 Å². The van der Waals surface area contributed by atoms with Gasteiger partial charge in [-0.05, 0) is 49.8 Å². The summed E-state index contributed by atoms with van der Waals surface area (Å²) in [6.07, 6.45) is 3.12. The molecule has 1 N–H and O–H groups in total. The van der Waals surface area contributed by atoms with E-state index in [1.165, 1.54) is 18.2 Å². The second kappa shape index (κ2) is 9.57. The molecule has 0 spiro atoms. The van der Waals surface area contributed by atoms with Gasteiger partial charge in [-0.1, -0.05) is 48.0 Å². The Morgan fingerprint density at radius 3 is 2.39 bits per heavy atom. The van der Waals surface area contributed by atoms with Crippen LogP contribution in [0.3, 0.4) is 0 Å². The molecule has 0 atom stereocenters. The molecule has 0 heterocycles. The molecule has 0 aliphatic heterocycles. The second-order valence-electron chi connectivity index (χ2n) is 6.30. The number of sulfonamides is 1. The van der Waals surface area contributed by atoms with Crippen molar-refractivity contribution in [3.05, 3.63) is 77.3 Å². The van der Waals surface area contributed by atoms with E-state index in [0.717, 1.165) is 11.1 Å². The zero-order valence-electron chi connectivity index (χ0n) is 15.9. The largest absolute Gasteiger partial charge is 0.335 e. The zero-order valence-corrected chi connectivity index (χ0v) is 17.4. The summed E-state index contributed by atoms with van der Waals surface area (Å²) in [6.45, 7) is 8.68. The van der Waals surface area contributed by atoms with Crippen molar-refractivity contribution in [1.29, 1.82) is 0 Å². The number of nitrogens with zero attached hydrogens (tertiary/aromatic N) is 1. The minimum atomic E-state index is -3.76. The number of amides is 1. The molecule has 0 radical (unpaired) electrons. The van der Waals surface area contributed by atoms with Crippen LogP contribution in [0, 0.1) is 0 Å². The quantitative estimate of drug-likeness (QED) is 0.504. The molecule has 1 amide bonds. The lowest BCUT2D eigenvalue weighted by atomic mass is 10.2. The first kappa shape index (κ1) is 21.7. The van der Waals surface area contributed by atoms with E-state index in [4.69, 9.17) is 11.6 Å². The van der Waals surface area contributed by atoms with Gasteiger partial charge in [-0.3, -0.25) is 9.52 Å². The number of anilines is 1. The third kappa shape index (κ3) is 5.97. The fraction of sp³-hybridized carbons (Fsp3) is 0.190. The van der Waals surface area contributed by atoms with E-state index in [2.05, 4.69) is 11.3 Å². The highest BCUT2D eigenvalue weighted by Gasteiger charge is 2.15. The first-order chi connectivity index (χ1) is 13.2. The first-order valence-corrected chi connectivity index (χ1v) is 10.6. The Hall–Kier alpha value is -2.57.